The van der Waals surface area contributed by atoms with Crippen molar-refractivity contribution in [3.63, 3.8) is 0 Å². The van der Waals surface area contributed by atoms with Crippen molar-refractivity contribution in [3.05, 3.63) is 29.7 Å². The molecule has 0 aliphatic heterocycles. The molecule has 0 aromatic rings. The van der Waals surface area contributed by atoms with Crippen LogP contribution in [0.15, 0.2) is 29.7 Å². The van der Waals surface area contributed by atoms with Crippen molar-refractivity contribution in [2.45, 2.75) is 4.87 Å². The largest absolute Gasteiger partial charge is 0.156 e. The van der Waals surface area contributed by atoms with Gasteiger partial charge in [0, 0.05) is 0 Å². The summed E-state index contributed by atoms with van der Waals surface area (Å²) in [6.45, 7) is 0. The van der Waals surface area contributed by atoms with Crippen LogP contribution < -0.4 is 0 Å². The summed E-state index contributed by atoms with van der Waals surface area (Å²) in [5.41, 5.74) is 0. The zero-order valence-corrected chi connectivity index (χ0v) is 12.6. The second kappa shape index (κ2) is 5.04. The van der Waals surface area contributed by atoms with Crippen LogP contribution in [0.1, 0.15) is 0 Å². The Morgan fingerprint density at radius 2 is 1.13 bits per heavy atom. The molecule has 0 N–H and O–H groups in total. The Hall–Kier alpha value is 1.54. The monoisotopic (exact) mass is 364 g/mol. The number of rotatable bonds is 1. The lowest BCUT2D eigenvalue weighted by atomic mass is 10.1. The molecular weight excluding hydrogens is 368 g/mol. The second-order valence-electron chi connectivity index (χ2n) is 2.49. The lowest BCUT2D eigenvalue weighted by molar-refractivity contribution is 1.06. The van der Waals surface area contributed by atoms with Gasteiger partial charge in [0.1, 0.15) is 4.49 Å². The highest BCUT2D eigenvalue weighted by molar-refractivity contribution is 6.65. The number of allylic oxidation sites excluding steroid dienone is 5. The highest BCUT2D eigenvalue weighted by atomic mass is 35.5. The molecule has 0 radical (unpaired) electrons. The Morgan fingerprint density at radius 3 is 1.40 bits per heavy atom. The SMILES string of the molecule is ClC(Cl)=C(Cl)C1(Cl)C(Cl)=C(Cl)C(Cl)=C1Cl. The zero-order chi connectivity index (χ0) is 12.0. The van der Waals surface area contributed by atoms with Crippen LogP contribution in [0, 0.1) is 0 Å². The van der Waals surface area contributed by atoms with Gasteiger partial charge in [0.2, 0.25) is 0 Å². The standard InChI is InChI=1S/C7Cl8/c8-1-2(9)4(11)7(15,3(1)10)5(12)6(13)14. The summed E-state index contributed by atoms with van der Waals surface area (Å²) >= 11 is 46.2. The van der Waals surface area contributed by atoms with Crippen LogP contribution in [0.25, 0.3) is 0 Å². The summed E-state index contributed by atoms with van der Waals surface area (Å²) in [5, 5.41) is -0.192. The van der Waals surface area contributed by atoms with Crippen LogP contribution in [-0.4, -0.2) is 4.87 Å². The minimum atomic E-state index is -1.59. The maximum Gasteiger partial charge on any atom is 0.156 e. The summed E-state index contributed by atoms with van der Waals surface area (Å²) < 4.78 is -0.265. The quantitative estimate of drug-likeness (QED) is 0.481. The van der Waals surface area contributed by atoms with Gasteiger partial charge < -0.3 is 0 Å². The summed E-state index contributed by atoms with van der Waals surface area (Å²) in [6.07, 6.45) is 0. The second-order valence-corrected chi connectivity index (χ2v) is 5.89. The Bertz CT molecular complexity index is 365. The molecule has 0 bridgehead atoms. The van der Waals surface area contributed by atoms with Gasteiger partial charge in [-0.25, -0.2) is 0 Å². The average Bonchev–Trinajstić information content (AvgIpc) is 2.34. The van der Waals surface area contributed by atoms with Crippen LogP contribution >= 0.6 is 92.8 Å². The van der Waals surface area contributed by atoms with E-state index >= 15 is 0 Å². The van der Waals surface area contributed by atoms with E-state index in [9.17, 15) is 0 Å². The molecule has 8 heteroatoms. The molecule has 0 aromatic heterocycles. The molecule has 1 aliphatic carbocycles. The topological polar surface area (TPSA) is 0 Å². The number of hydrogen-bond acceptors (Lipinski definition) is 0. The molecule has 0 aromatic carbocycles. The number of hydrogen-bond donors (Lipinski definition) is 0. The third-order valence-electron chi connectivity index (χ3n) is 1.65. The molecule has 1 rings (SSSR count). The van der Waals surface area contributed by atoms with Crippen molar-refractivity contribution < 1.29 is 0 Å². The summed E-state index contributed by atoms with van der Waals surface area (Å²) in [6, 6.07) is 0. The number of alkyl halides is 1. The van der Waals surface area contributed by atoms with E-state index in [4.69, 9.17) is 92.8 Å². The molecule has 0 saturated carbocycles. The van der Waals surface area contributed by atoms with E-state index in [0.717, 1.165) is 0 Å². The number of halogens is 8. The lowest BCUT2D eigenvalue weighted by Gasteiger charge is -2.21. The van der Waals surface area contributed by atoms with Crippen LogP contribution in [0.5, 0.6) is 0 Å². The first-order valence-electron chi connectivity index (χ1n) is 3.26. The predicted molar refractivity (Wildman–Crippen MR) is 70.6 cm³/mol. The van der Waals surface area contributed by atoms with E-state index in [0.29, 0.717) is 0 Å². The fourth-order valence-corrected chi connectivity index (χ4v) is 3.15. The molecule has 84 valence electrons. The molecule has 0 unspecified atom stereocenters. The van der Waals surface area contributed by atoms with Gasteiger partial charge in [0.05, 0.1) is 25.2 Å². The third kappa shape index (κ3) is 2.26. The van der Waals surface area contributed by atoms with Crippen molar-refractivity contribution in [2.75, 3.05) is 0 Å². The molecule has 1 aliphatic rings. The Labute approximate surface area is 126 Å². The van der Waals surface area contributed by atoms with E-state index in [1.165, 1.54) is 0 Å². The highest BCUT2D eigenvalue weighted by Crippen LogP contribution is 2.57. The molecule has 0 saturated heterocycles. The molecule has 0 fully saturated rings. The summed E-state index contributed by atoms with van der Waals surface area (Å²) in [7, 11) is 0. The normalized spacial score (nSPS) is 20.0. The van der Waals surface area contributed by atoms with Crippen molar-refractivity contribution in [2.24, 2.45) is 0 Å². The van der Waals surface area contributed by atoms with E-state index in [1.54, 1.807) is 0 Å². The van der Waals surface area contributed by atoms with Crippen LogP contribution in [0.4, 0.5) is 0 Å². The Balaban J connectivity index is 3.48. The maximum atomic E-state index is 6.10. The van der Waals surface area contributed by atoms with Gasteiger partial charge in [-0.1, -0.05) is 81.2 Å². The van der Waals surface area contributed by atoms with Crippen molar-refractivity contribution in [1.29, 1.82) is 0 Å². The summed E-state index contributed by atoms with van der Waals surface area (Å²) in [4.78, 5) is -1.59. The first-order valence-corrected chi connectivity index (χ1v) is 6.29. The minimum Gasteiger partial charge on any atom is -0.100 e. The van der Waals surface area contributed by atoms with Crippen molar-refractivity contribution in [3.8, 4) is 0 Å². The zero-order valence-electron chi connectivity index (χ0n) is 6.52. The molecular formula is C7Cl8. The van der Waals surface area contributed by atoms with Gasteiger partial charge >= 0.3 is 0 Å². The van der Waals surface area contributed by atoms with Gasteiger partial charge in [-0.2, -0.15) is 0 Å². The van der Waals surface area contributed by atoms with E-state index < -0.39 is 4.87 Å². The van der Waals surface area contributed by atoms with Crippen LogP contribution in [0.3, 0.4) is 0 Å². The van der Waals surface area contributed by atoms with Gasteiger partial charge in [0.15, 0.2) is 4.87 Å². The van der Waals surface area contributed by atoms with Gasteiger partial charge in [-0.3, -0.25) is 0 Å². The smallest absolute Gasteiger partial charge is 0.100 e. The van der Waals surface area contributed by atoms with Crippen molar-refractivity contribution >= 4 is 92.8 Å². The molecule has 0 spiro atoms. The minimum absolute atomic E-state index is 0.0195. The first-order chi connectivity index (χ1) is 6.74. The highest BCUT2D eigenvalue weighted by Gasteiger charge is 2.48. The van der Waals surface area contributed by atoms with E-state index in [1.807, 2.05) is 0 Å². The lowest BCUT2D eigenvalue weighted by Crippen LogP contribution is -2.21. The molecule has 0 heterocycles. The fourth-order valence-electron chi connectivity index (χ4n) is 0.914. The molecule has 15 heavy (non-hydrogen) atoms. The molecule has 0 atom stereocenters. The Morgan fingerprint density at radius 1 is 0.800 bits per heavy atom. The third-order valence-corrected chi connectivity index (χ3v) is 5.54. The van der Waals surface area contributed by atoms with Gasteiger partial charge in [0.25, 0.3) is 0 Å². The fraction of sp³-hybridized carbons (Fsp3) is 0.143. The van der Waals surface area contributed by atoms with E-state index in [2.05, 4.69) is 0 Å². The molecule has 0 amide bonds. The average molecular weight is 368 g/mol. The van der Waals surface area contributed by atoms with Gasteiger partial charge in [-0.05, 0) is 0 Å². The van der Waals surface area contributed by atoms with Crippen LogP contribution in [0.2, 0.25) is 0 Å². The van der Waals surface area contributed by atoms with Gasteiger partial charge in [-0.15, -0.1) is 11.6 Å². The van der Waals surface area contributed by atoms with Crippen LogP contribution in [-0.2, 0) is 0 Å². The predicted octanol–water partition coefficient (Wildman–Crippen LogP) is 6.24. The summed E-state index contributed by atoms with van der Waals surface area (Å²) in [5.74, 6) is 0. The maximum absolute atomic E-state index is 6.10. The Kier molecular flexibility index (Phi) is 4.90. The van der Waals surface area contributed by atoms with E-state index in [-0.39, 0.29) is 29.7 Å². The molecule has 0 nitrogen and oxygen atoms in total. The first kappa shape index (κ1) is 14.6. The van der Waals surface area contributed by atoms with Crippen molar-refractivity contribution in [1.82, 2.24) is 0 Å².